The number of aromatic amines is 1. The molecule has 3 rings (SSSR count). The van der Waals surface area contributed by atoms with Crippen LogP contribution in [0.15, 0.2) is 59.1 Å². The van der Waals surface area contributed by atoms with E-state index in [9.17, 15) is 4.79 Å². The van der Waals surface area contributed by atoms with E-state index in [0.717, 1.165) is 21.2 Å². The summed E-state index contributed by atoms with van der Waals surface area (Å²) in [6, 6.07) is 18.5. The first kappa shape index (κ1) is 14.1. The molecule has 0 spiro atoms. The lowest BCUT2D eigenvalue weighted by Crippen LogP contribution is -2.06. The summed E-state index contributed by atoms with van der Waals surface area (Å²) in [5.74, 6) is 0.268. The monoisotopic (exact) mass is 341 g/mol. The van der Waals surface area contributed by atoms with E-state index >= 15 is 0 Å². The fourth-order valence-electron chi connectivity index (χ4n) is 2.67. The molecule has 2 aromatic carbocycles. The summed E-state index contributed by atoms with van der Waals surface area (Å²) in [5, 5.41) is 1.18. The van der Waals surface area contributed by atoms with E-state index in [1.807, 2.05) is 24.3 Å². The van der Waals surface area contributed by atoms with Gasteiger partial charge in [-0.05, 0) is 42.1 Å². The van der Waals surface area contributed by atoms with Gasteiger partial charge in [0, 0.05) is 28.0 Å². The van der Waals surface area contributed by atoms with E-state index in [1.165, 1.54) is 5.39 Å². The number of fused-ring (bicyclic) bond motifs is 1. The minimum absolute atomic E-state index is 0.0722. The van der Waals surface area contributed by atoms with Crippen molar-refractivity contribution in [1.82, 2.24) is 4.98 Å². The van der Waals surface area contributed by atoms with E-state index < -0.39 is 0 Å². The molecule has 2 nitrogen and oxygen atoms in total. The molecule has 3 aromatic rings. The first-order chi connectivity index (χ1) is 10.1. The number of nitrogens with one attached hydrogen (secondary N) is 1. The third-order valence-corrected chi connectivity index (χ3v) is 4.22. The molecule has 1 atom stereocenters. The molecule has 1 aromatic heterocycles. The Balaban J connectivity index is 2.05. The molecule has 0 saturated heterocycles. The Kier molecular flexibility index (Phi) is 3.93. The van der Waals surface area contributed by atoms with Gasteiger partial charge in [-0.2, -0.15) is 0 Å². The molecule has 0 fully saturated rings. The van der Waals surface area contributed by atoms with Crippen LogP contribution in [-0.4, -0.2) is 10.8 Å². The molecule has 3 heteroatoms. The zero-order chi connectivity index (χ0) is 14.8. The Morgan fingerprint density at radius 1 is 1.14 bits per heavy atom. The molecule has 0 unspecified atom stereocenters. The lowest BCUT2D eigenvalue weighted by atomic mass is 9.91. The second-order valence-electron chi connectivity index (χ2n) is 5.32. The van der Waals surface area contributed by atoms with E-state index in [4.69, 9.17) is 0 Å². The molecule has 0 aliphatic rings. The van der Waals surface area contributed by atoms with Gasteiger partial charge in [-0.1, -0.05) is 46.3 Å². The maximum absolute atomic E-state index is 11.7. The number of halogens is 1. The van der Waals surface area contributed by atoms with Crippen molar-refractivity contribution in [3.05, 3.63) is 70.3 Å². The highest BCUT2D eigenvalue weighted by molar-refractivity contribution is 9.10. The lowest BCUT2D eigenvalue weighted by Gasteiger charge is -2.15. The van der Waals surface area contributed by atoms with Crippen LogP contribution in [0, 0.1) is 0 Å². The molecule has 0 aliphatic heterocycles. The minimum atomic E-state index is 0.0722. The number of H-pyrrole nitrogens is 1. The van der Waals surface area contributed by atoms with Gasteiger partial charge in [0.15, 0.2) is 0 Å². The number of aromatic nitrogens is 1. The first-order valence-corrected chi connectivity index (χ1v) is 7.75. The normalized spacial score (nSPS) is 12.5. The minimum Gasteiger partial charge on any atom is -0.358 e. The fourth-order valence-corrected chi connectivity index (χ4v) is 2.94. The van der Waals surface area contributed by atoms with Crippen molar-refractivity contribution in [3.63, 3.8) is 0 Å². The molecule has 0 aliphatic carbocycles. The van der Waals surface area contributed by atoms with Crippen LogP contribution in [0.2, 0.25) is 0 Å². The van der Waals surface area contributed by atoms with Gasteiger partial charge < -0.3 is 4.98 Å². The molecular formula is C18H16BrNO. The maximum atomic E-state index is 11.7. The topological polar surface area (TPSA) is 32.9 Å². The van der Waals surface area contributed by atoms with Crippen LogP contribution in [0.4, 0.5) is 0 Å². The Morgan fingerprint density at radius 2 is 1.86 bits per heavy atom. The number of para-hydroxylation sites is 1. The number of Topliss-reactive ketones (excluding diaryl/α,β-unsaturated/α-hetero) is 1. The summed E-state index contributed by atoms with van der Waals surface area (Å²) in [5.41, 5.74) is 3.35. The Hall–Kier alpha value is -1.87. The van der Waals surface area contributed by atoms with Gasteiger partial charge in [0.05, 0.1) is 0 Å². The van der Waals surface area contributed by atoms with Crippen LogP contribution in [0.25, 0.3) is 10.9 Å². The second kappa shape index (κ2) is 5.86. The summed E-state index contributed by atoms with van der Waals surface area (Å²) in [7, 11) is 0. The molecule has 0 bridgehead atoms. The summed E-state index contributed by atoms with van der Waals surface area (Å²) >= 11 is 3.46. The van der Waals surface area contributed by atoms with Gasteiger partial charge in [-0.15, -0.1) is 0 Å². The maximum Gasteiger partial charge on any atom is 0.130 e. The van der Waals surface area contributed by atoms with E-state index in [0.29, 0.717) is 6.42 Å². The number of hydrogen-bond acceptors (Lipinski definition) is 1. The van der Waals surface area contributed by atoms with E-state index in [2.05, 4.69) is 51.2 Å². The zero-order valence-corrected chi connectivity index (χ0v) is 13.4. The highest BCUT2D eigenvalue weighted by Crippen LogP contribution is 2.31. The molecule has 0 saturated carbocycles. The van der Waals surface area contributed by atoms with Crippen LogP contribution < -0.4 is 0 Å². The third-order valence-electron chi connectivity index (χ3n) is 3.69. The quantitative estimate of drug-likeness (QED) is 0.708. The summed E-state index contributed by atoms with van der Waals surface area (Å²) in [6.07, 6.45) is 0.508. The van der Waals surface area contributed by atoms with Crippen molar-refractivity contribution in [2.75, 3.05) is 0 Å². The van der Waals surface area contributed by atoms with E-state index in [1.54, 1.807) is 6.92 Å². The number of ketones is 1. The van der Waals surface area contributed by atoms with Crippen LogP contribution in [0.1, 0.15) is 30.5 Å². The predicted molar refractivity (Wildman–Crippen MR) is 89.6 cm³/mol. The molecular weight excluding hydrogens is 326 g/mol. The number of carbonyl (C=O) groups excluding carboxylic acids is 1. The smallest absolute Gasteiger partial charge is 0.130 e. The lowest BCUT2D eigenvalue weighted by molar-refractivity contribution is -0.117. The van der Waals surface area contributed by atoms with Crippen LogP contribution in [0.3, 0.4) is 0 Å². The number of hydrogen-bond donors (Lipinski definition) is 1. The molecule has 106 valence electrons. The highest BCUT2D eigenvalue weighted by atomic mass is 79.9. The Morgan fingerprint density at radius 3 is 2.52 bits per heavy atom. The van der Waals surface area contributed by atoms with Crippen molar-refractivity contribution < 1.29 is 4.79 Å². The number of benzene rings is 2. The molecule has 0 amide bonds. The van der Waals surface area contributed by atoms with E-state index in [-0.39, 0.29) is 11.7 Å². The van der Waals surface area contributed by atoms with Crippen molar-refractivity contribution in [2.24, 2.45) is 0 Å². The average molecular weight is 342 g/mol. The van der Waals surface area contributed by atoms with Gasteiger partial charge in [0.25, 0.3) is 0 Å². The fraction of sp³-hybridized carbons (Fsp3) is 0.167. The van der Waals surface area contributed by atoms with Gasteiger partial charge in [-0.25, -0.2) is 0 Å². The van der Waals surface area contributed by atoms with Crippen molar-refractivity contribution in [3.8, 4) is 0 Å². The van der Waals surface area contributed by atoms with Crippen LogP contribution in [-0.2, 0) is 4.79 Å². The predicted octanol–water partition coefficient (Wildman–Crippen LogP) is 5.04. The average Bonchev–Trinajstić information content (AvgIpc) is 2.89. The van der Waals surface area contributed by atoms with Gasteiger partial charge in [0.2, 0.25) is 0 Å². The summed E-state index contributed by atoms with van der Waals surface area (Å²) in [4.78, 5) is 15.1. The second-order valence-corrected chi connectivity index (χ2v) is 6.24. The standard InChI is InChI=1S/C18H16BrNO/c1-12(21)10-16(13-6-8-15(19)9-7-13)18-11-14-4-2-3-5-17(14)20-18/h2-9,11,16,20H,10H2,1H3/t16-/m1/s1. The summed E-state index contributed by atoms with van der Waals surface area (Å²) in [6.45, 7) is 1.65. The summed E-state index contributed by atoms with van der Waals surface area (Å²) < 4.78 is 1.05. The molecule has 1 heterocycles. The van der Waals surface area contributed by atoms with Crippen LogP contribution in [0.5, 0.6) is 0 Å². The highest BCUT2D eigenvalue weighted by Gasteiger charge is 2.18. The van der Waals surface area contributed by atoms with Crippen molar-refractivity contribution in [1.29, 1.82) is 0 Å². The Labute approximate surface area is 132 Å². The van der Waals surface area contributed by atoms with Gasteiger partial charge in [-0.3, -0.25) is 4.79 Å². The van der Waals surface area contributed by atoms with Gasteiger partial charge in [0.1, 0.15) is 5.78 Å². The van der Waals surface area contributed by atoms with Crippen LogP contribution >= 0.6 is 15.9 Å². The Bertz CT molecular complexity index is 740. The molecule has 0 radical (unpaired) electrons. The largest absolute Gasteiger partial charge is 0.358 e. The SMILES string of the molecule is CC(=O)C[C@H](c1ccc(Br)cc1)c1cc2ccccc2[nH]1. The third kappa shape index (κ3) is 3.08. The van der Waals surface area contributed by atoms with Gasteiger partial charge >= 0.3 is 0 Å². The molecule has 1 N–H and O–H groups in total. The first-order valence-electron chi connectivity index (χ1n) is 6.96. The molecule has 21 heavy (non-hydrogen) atoms. The zero-order valence-electron chi connectivity index (χ0n) is 11.8. The van der Waals surface area contributed by atoms with Crippen molar-refractivity contribution >= 4 is 32.6 Å². The number of rotatable bonds is 4. The van der Waals surface area contributed by atoms with Crippen molar-refractivity contribution in [2.45, 2.75) is 19.3 Å². The number of carbonyl (C=O) groups is 1.